The van der Waals surface area contributed by atoms with Crippen LogP contribution in [0.3, 0.4) is 0 Å². The second-order valence-corrected chi connectivity index (χ2v) is 8.83. The lowest BCUT2D eigenvalue weighted by Crippen LogP contribution is -2.49. The molecule has 3 aliphatic carbocycles. The third-order valence-electron chi connectivity index (χ3n) is 6.70. The van der Waals surface area contributed by atoms with Crippen molar-refractivity contribution in [3.63, 3.8) is 0 Å². The van der Waals surface area contributed by atoms with E-state index in [1.54, 1.807) is 12.3 Å². The molecule has 2 aromatic heterocycles. The van der Waals surface area contributed by atoms with Crippen LogP contribution >= 0.6 is 11.6 Å². The highest BCUT2D eigenvalue weighted by Crippen LogP contribution is 2.55. The number of nitrogens with zero attached hydrogens (tertiary/aromatic N) is 3. The van der Waals surface area contributed by atoms with Crippen molar-refractivity contribution in [2.45, 2.75) is 50.5 Å². The van der Waals surface area contributed by atoms with Crippen LogP contribution in [0.25, 0.3) is 5.52 Å². The predicted octanol–water partition coefficient (Wildman–Crippen LogP) is 4.47. The summed E-state index contributed by atoms with van der Waals surface area (Å²) in [6.07, 6.45) is 10.1. The van der Waals surface area contributed by atoms with Gasteiger partial charge in [-0.15, -0.1) is 4.91 Å². The van der Waals surface area contributed by atoms with E-state index >= 15 is 0 Å². The topological polar surface area (TPSA) is 75.8 Å². The Bertz CT molecular complexity index is 906. The van der Waals surface area contributed by atoms with E-state index in [-0.39, 0.29) is 17.1 Å². The fraction of sp³-hybridized carbons (Fsp3) is 0.579. The molecule has 4 unspecified atom stereocenters. The average molecular weight is 373 g/mol. The number of nitroso groups, excluding NO2 is 1. The van der Waals surface area contributed by atoms with Gasteiger partial charge in [0, 0.05) is 11.7 Å². The number of fused-ring (bicyclic) bond motifs is 3. The molecule has 7 heteroatoms. The van der Waals surface area contributed by atoms with E-state index in [0.717, 1.165) is 37.0 Å². The average Bonchev–Trinajstić information content (AvgIpc) is 3.08. The van der Waals surface area contributed by atoms with Crippen molar-refractivity contribution in [3.05, 3.63) is 34.0 Å². The molecular formula is C19H21ClN4O2. The Labute approximate surface area is 156 Å². The molecule has 1 amide bonds. The van der Waals surface area contributed by atoms with Crippen LogP contribution in [0.5, 0.6) is 0 Å². The maximum absolute atomic E-state index is 12.9. The summed E-state index contributed by atoms with van der Waals surface area (Å²) in [6.45, 7) is 0. The number of carbonyl (C=O) groups excluding carboxylic acids is 1. The van der Waals surface area contributed by atoms with Gasteiger partial charge in [0.05, 0.1) is 10.5 Å². The molecule has 3 fully saturated rings. The summed E-state index contributed by atoms with van der Waals surface area (Å²) in [7, 11) is 0. The first-order chi connectivity index (χ1) is 12.5. The number of halogens is 1. The third kappa shape index (κ3) is 2.54. The molecular weight excluding hydrogens is 352 g/mol. The molecule has 3 aliphatic rings. The van der Waals surface area contributed by atoms with Crippen LogP contribution < -0.4 is 5.32 Å². The number of rotatable bonds is 3. The van der Waals surface area contributed by atoms with E-state index in [2.05, 4.69) is 15.6 Å². The highest BCUT2D eigenvalue weighted by molar-refractivity contribution is 6.30. The zero-order chi connectivity index (χ0) is 17.9. The molecule has 0 spiro atoms. The normalized spacial score (nSPS) is 32.6. The van der Waals surface area contributed by atoms with Crippen LogP contribution in [0.15, 0.2) is 23.5 Å². The Kier molecular flexibility index (Phi) is 3.61. The van der Waals surface area contributed by atoms with Gasteiger partial charge in [0.1, 0.15) is 5.69 Å². The van der Waals surface area contributed by atoms with Crippen LogP contribution in [0.1, 0.15) is 55.4 Å². The van der Waals surface area contributed by atoms with Crippen molar-refractivity contribution < 1.29 is 4.79 Å². The van der Waals surface area contributed by atoms with Crippen molar-refractivity contribution in [2.75, 3.05) is 0 Å². The van der Waals surface area contributed by atoms with Crippen molar-refractivity contribution in [3.8, 4) is 0 Å². The molecule has 0 aliphatic heterocycles. The van der Waals surface area contributed by atoms with Gasteiger partial charge in [-0.2, -0.15) is 5.10 Å². The summed E-state index contributed by atoms with van der Waals surface area (Å²) >= 11 is 5.99. The Morgan fingerprint density at radius 2 is 2.12 bits per heavy atom. The zero-order valence-electron chi connectivity index (χ0n) is 14.4. The molecule has 6 nitrogen and oxygen atoms in total. The minimum absolute atomic E-state index is 0.0745. The van der Waals surface area contributed by atoms with Crippen molar-refractivity contribution in [2.24, 2.45) is 22.9 Å². The Morgan fingerprint density at radius 1 is 1.27 bits per heavy atom. The first kappa shape index (κ1) is 16.2. The van der Waals surface area contributed by atoms with E-state index in [9.17, 15) is 9.70 Å². The lowest BCUT2D eigenvalue weighted by molar-refractivity contribution is 0.0846. The number of hydrogen-bond donors (Lipinski definition) is 1. The van der Waals surface area contributed by atoms with Crippen LogP contribution in [0.2, 0.25) is 5.02 Å². The highest BCUT2D eigenvalue weighted by atomic mass is 35.5. The Balaban J connectivity index is 1.44. The molecule has 1 N–H and O–H groups in total. The van der Waals surface area contributed by atoms with E-state index < -0.39 is 0 Å². The molecule has 3 saturated carbocycles. The van der Waals surface area contributed by atoms with E-state index in [1.165, 1.54) is 36.3 Å². The maximum Gasteiger partial charge on any atom is 0.272 e. The standard InChI is InChI=1S/C19H21ClN4O2/c20-14-5-15(23-26)17-6-16(22-24(17)10-14)18(25)21-19-7-11-2-1-3-12(8-19)13(4-11)9-19/h5-6,10-13H,1-4,7-9H2,(H,21,25). The van der Waals surface area contributed by atoms with E-state index in [0.29, 0.717) is 16.2 Å². The second-order valence-electron chi connectivity index (χ2n) is 8.39. The smallest absolute Gasteiger partial charge is 0.272 e. The van der Waals surface area contributed by atoms with Gasteiger partial charge in [0.15, 0.2) is 5.69 Å². The van der Waals surface area contributed by atoms with Gasteiger partial charge >= 0.3 is 0 Å². The summed E-state index contributed by atoms with van der Waals surface area (Å²) in [6, 6.07) is 3.10. The lowest BCUT2D eigenvalue weighted by atomic mass is 9.75. The summed E-state index contributed by atoms with van der Waals surface area (Å²) in [5, 5.41) is 11.0. The second kappa shape index (κ2) is 5.78. The van der Waals surface area contributed by atoms with Gasteiger partial charge in [-0.25, -0.2) is 4.52 Å². The minimum Gasteiger partial charge on any atom is -0.345 e. The summed E-state index contributed by atoms with van der Waals surface area (Å²) < 4.78 is 1.46. The zero-order valence-corrected chi connectivity index (χ0v) is 15.2. The van der Waals surface area contributed by atoms with Crippen molar-refractivity contribution in [1.29, 1.82) is 0 Å². The predicted molar refractivity (Wildman–Crippen MR) is 98.6 cm³/mol. The van der Waals surface area contributed by atoms with Crippen LogP contribution in [-0.2, 0) is 0 Å². The molecule has 0 aromatic carbocycles. The molecule has 4 atom stereocenters. The van der Waals surface area contributed by atoms with E-state index in [4.69, 9.17) is 11.6 Å². The molecule has 2 aromatic rings. The van der Waals surface area contributed by atoms with Crippen molar-refractivity contribution >= 4 is 28.7 Å². The van der Waals surface area contributed by atoms with Gasteiger partial charge in [-0.1, -0.05) is 30.9 Å². The van der Waals surface area contributed by atoms with Gasteiger partial charge in [-0.3, -0.25) is 4.79 Å². The number of nitrogens with one attached hydrogen (secondary N) is 1. The Morgan fingerprint density at radius 3 is 2.96 bits per heavy atom. The maximum atomic E-state index is 12.9. The fourth-order valence-corrected chi connectivity index (χ4v) is 6.03. The molecule has 26 heavy (non-hydrogen) atoms. The van der Waals surface area contributed by atoms with Crippen LogP contribution in [0.4, 0.5) is 5.69 Å². The molecule has 0 saturated heterocycles. The quantitative estimate of drug-likeness (QED) is 0.807. The number of amides is 1. The molecule has 136 valence electrons. The monoisotopic (exact) mass is 372 g/mol. The first-order valence-corrected chi connectivity index (χ1v) is 9.78. The van der Waals surface area contributed by atoms with Gasteiger partial charge < -0.3 is 5.32 Å². The highest BCUT2D eigenvalue weighted by Gasteiger charge is 2.52. The minimum atomic E-state index is -0.165. The SMILES string of the molecule is O=Nc1cc(Cl)cn2nc(C(=O)NC34CC5CCCC(C3)C(C5)C4)cc12. The van der Waals surface area contributed by atoms with Crippen LogP contribution in [-0.4, -0.2) is 21.1 Å². The number of aromatic nitrogens is 2. The van der Waals surface area contributed by atoms with Gasteiger partial charge in [0.25, 0.3) is 5.91 Å². The lowest BCUT2D eigenvalue weighted by Gasteiger charge is -2.38. The largest absolute Gasteiger partial charge is 0.345 e. The van der Waals surface area contributed by atoms with Crippen molar-refractivity contribution in [1.82, 2.24) is 14.9 Å². The fourth-order valence-electron chi connectivity index (χ4n) is 5.84. The van der Waals surface area contributed by atoms with Gasteiger partial charge in [-0.05, 0) is 60.7 Å². The summed E-state index contributed by atoms with van der Waals surface area (Å²) in [5.41, 5.74) is 0.924. The molecule has 0 radical (unpaired) electrons. The number of hydrogen-bond acceptors (Lipinski definition) is 4. The first-order valence-electron chi connectivity index (χ1n) is 9.40. The number of carbonyl (C=O) groups is 1. The van der Waals surface area contributed by atoms with E-state index in [1.807, 2.05) is 0 Å². The molecule has 2 heterocycles. The Hall–Kier alpha value is -1.95. The summed E-state index contributed by atoms with van der Waals surface area (Å²) in [5.74, 6) is 2.10. The van der Waals surface area contributed by atoms with Crippen LogP contribution in [0, 0.1) is 22.7 Å². The summed E-state index contributed by atoms with van der Waals surface area (Å²) in [4.78, 5) is 24.0. The number of pyridine rings is 1. The molecule has 3 bridgehead atoms. The van der Waals surface area contributed by atoms with Gasteiger partial charge in [0.2, 0.25) is 0 Å². The third-order valence-corrected chi connectivity index (χ3v) is 6.91. The molecule has 5 rings (SSSR count).